The average Bonchev–Trinajstić information content (AvgIpc) is 2.99. The Morgan fingerprint density at radius 1 is 1.33 bits per heavy atom. The smallest absolute Gasteiger partial charge is 0.227 e. The molecule has 3 rings (SSSR count). The SMILES string of the molecule is CCCc1ccc(N2CC(C(=O)N[C@H]3CCCNC3)CC2=O)cc1. The summed E-state index contributed by atoms with van der Waals surface area (Å²) in [5, 5.41) is 6.40. The number of nitrogens with one attached hydrogen (secondary N) is 2. The molecule has 2 aliphatic heterocycles. The minimum Gasteiger partial charge on any atom is -0.352 e. The third-order valence-corrected chi connectivity index (χ3v) is 4.93. The van der Waals surface area contributed by atoms with Gasteiger partial charge in [0.1, 0.15) is 0 Å². The predicted molar refractivity (Wildman–Crippen MR) is 94.9 cm³/mol. The normalized spacial score (nSPS) is 24.2. The van der Waals surface area contributed by atoms with Gasteiger partial charge in [0.2, 0.25) is 11.8 Å². The molecule has 1 unspecified atom stereocenters. The third kappa shape index (κ3) is 3.96. The van der Waals surface area contributed by atoms with Crippen molar-refractivity contribution in [2.24, 2.45) is 5.92 Å². The van der Waals surface area contributed by atoms with Crippen LogP contribution in [0.5, 0.6) is 0 Å². The van der Waals surface area contributed by atoms with E-state index in [-0.39, 0.29) is 23.8 Å². The highest BCUT2D eigenvalue weighted by atomic mass is 16.2. The summed E-state index contributed by atoms with van der Waals surface area (Å²) in [5.74, 6) is -0.183. The number of benzene rings is 1. The molecule has 0 saturated carbocycles. The van der Waals surface area contributed by atoms with Crippen LogP contribution in [0.3, 0.4) is 0 Å². The molecule has 0 aliphatic carbocycles. The number of aryl methyl sites for hydroxylation is 1. The van der Waals surface area contributed by atoms with E-state index in [4.69, 9.17) is 0 Å². The summed E-state index contributed by atoms with van der Waals surface area (Å²) in [7, 11) is 0. The summed E-state index contributed by atoms with van der Waals surface area (Å²) >= 11 is 0. The lowest BCUT2D eigenvalue weighted by atomic mass is 10.0. The third-order valence-electron chi connectivity index (χ3n) is 4.93. The van der Waals surface area contributed by atoms with Gasteiger partial charge in [0.25, 0.3) is 0 Å². The molecule has 5 nitrogen and oxygen atoms in total. The van der Waals surface area contributed by atoms with Crippen LogP contribution < -0.4 is 15.5 Å². The number of amides is 2. The second-order valence-corrected chi connectivity index (χ2v) is 6.87. The Balaban J connectivity index is 1.59. The Morgan fingerprint density at radius 3 is 2.79 bits per heavy atom. The summed E-state index contributed by atoms with van der Waals surface area (Å²) < 4.78 is 0. The van der Waals surface area contributed by atoms with Crippen LogP contribution in [0, 0.1) is 5.92 Å². The molecule has 2 amide bonds. The zero-order valence-corrected chi connectivity index (χ0v) is 14.4. The van der Waals surface area contributed by atoms with Crippen LogP contribution in [0.25, 0.3) is 0 Å². The van der Waals surface area contributed by atoms with E-state index in [1.807, 2.05) is 12.1 Å². The Kier molecular flexibility index (Phi) is 5.51. The first-order valence-corrected chi connectivity index (χ1v) is 9.07. The molecule has 2 N–H and O–H groups in total. The molecular weight excluding hydrogens is 302 g/mol. The lowest BCUT2D eigenvalue weighted by Gasteiger charge is -2.25. The topological polar surface area (TPSA) is 61.4 Å². The van der Waals surface area contributed by atoms with Crippen LogP contribution in [-0.2, 0) is 16.0 Å². The molecule has 0 spiro atoms. The summed E-state index contributed by atoms with van der Waals surface area (Å²) in [4.78, 5) is 26.5. The van der Waals surface area contributed by atoms with Crippen molar-refractivity contribution in [1.82, 2.24) is 10.6 Å². The van der Waals surface area contributed by atoms with Crippen LogP contribution in [0.4, 0.5) is 5.69 Å². The van der Waals surface area contributed by atoms with Crippen LogP contribution in [0.2, 0.25) is 0 Å². The van der Waals surface area contributed by atoms with Gasteiger partial charge in [-0.05, 0) is 43.5 Å². The molecule has 1 aromatic rings. The number of hydrogen-bond donors (Lipinski definition) is 2. The largest absolute Gasteiger partial charge is 0.352 e. The van der Waals surface area contributed by atoms with Gasteiger partial charge in [-0.1, -0.05) is 25.5 Å². The summed E-state index contributed by atoms with van der Waals surface area (Å²) in [6, 6.07) is 8.34. The van der Waals surface area contributed by atoms with Crippen molar-refractivity contribution in [1.29, 1.82) is 0 Å². The van der Waals surface area contributed by atoms with Crippen molar-refractivity contribution in [2.45, 2.75) is 45.1 Å². The van der Waals surface area contributed by atoms with Gasteiger partial charge in [-0.2, -0.15) is 0 Å². The van der Waals surface area contributed by atoms with Gasteiger partial charge in [-0.15, -0.1) is 0 Å². The van der Waals surface area contributed by atoms with Gasteiger partial charge >= 0.3 is 0 Å². The molecule has 24 heavy (non-hydrogen) atoms. The number of hydrogen-bond acceptors (Lipinski definition) is 3. The molecule has 1 aromatic carbocycles. The predicted octanol–water partition coefficient (Wildman–Crippen LogP) is 1.86. The first-order valence-electron chi connectivity index (χ1n) is 9.07. The highest BCUT2D eigenvalue weighted by molar-refractivity contribution is 6.00. The molecule has 0 bridgehead atoms. The second-order valence-electron chi connectivity index (χ2n) is 6.87. The van der Waals surface area contributed by atoms with Crippen molar-refractivity contribution in [3.63, 3.8) is 0 Å². The van der Waals surface area contributed by atoms with E-state index in [0.717, 1.165) is 44.5 Å². The van der Waals surface area contributed by atoms with Crippen molar-refractivity contribution in [2.75, 3.05) is 24.5 Å². The van der Waals surface area contributed by atoms with Crippen molar-refractivity contribution in [3.8, 4) is 0 Å². The number of anilines is 1. The minimum absolute atomic E-state index is 0.0159. The van der Waals surface area contributed by atoms with Crippen molar-refractivity contribution < 1.29 is 9.59 Å². The maximum atomic E-state index is 12.5. The zero-order chi connectivity index (χ0) is 16.9. The first kappa shape index (κ1) is 17.0. The molecule has 2 heterocycles. The van der Waals surface area contributed by atoms with E-state index < -0.39 is 0 Å². The Labute approximate surface area is 143 Å². The lowest BCUT2D eigenvalue weighted by Crippen LogP contribution is -2.47. The second kappa shape index (κ2) is 7.79. The number of nitrogens with zero attached hydrogens (tertiary/aromatic N) is 1. The zero-order valence-electron chi connectivity index (χ0n) is 14.4. The fourth-order valence-corrected chi connectivity index (χ4v) is 3.56. The average molecular weight is 329 g/mol. The van der Waals surface area contributed by atoms with E-state index in [0.29, 0.717) is 13.0 Å². The molecule has 0 aromatic heterocycles. The minimum atomic E-state index is -0.241. The van der Waals surface area contributed by atoms with E-state index in [9.17, 15) is 9.59 Å². The molecule has 2 saturated heterocycles. The van der Waals surface area contributed by atoms with Crippen LogP contribution in [0.15, 0.2) is 24.3 Å². The van der Waals surface area contributed by atoms with Gasteiger partial charge in [0.15, 0.2) is 0 Å². The van der Waals surface area contributed by atoms with Crippen LogP contribution >= 0.6 is 0 Å². The van der Waals surface area contributed by atoms with E-state index in [2.05, 4.69) is 29.7 Å². The van der Waals surface area contributed by atoms with Gasteiger partial charge < -0.3 is 15.5 Å². The molecular formula is C19H27N3O2. The molecule has 0 radical (unpaired) electrons. The van der Waals surface area contributed by atoms with E-state index in [1.54, 1.807) is 4.90 Å². The summed E-state index contributed by atoms with van der Waals surface area (Å²) in [5.41, 5.74) is 2.18. The molecule has 2 fully saturated rings. The first-order chi connectivity index (χ1) is 11.7. The van der Waals surface area contributed by atoms with Gasteiger partial charge in [0.05, 0.1) is 5.92 Å². The standard InChI is InChI=1S/C19H27N3O2/c1-2-4-14-6-8-17(9-7-14)22-13-15(11-18(22)23)19(24)21-16-5-3-10-20-12-16/h6-9,15-16,20H,2-5,10-13H2,1H3,(H,21,24)/t15?,16-/m0/s1. The molecule has 2 aliphatic rings. The quantitative estimate of drug-likeness (QED) is 0.867. The number of piperidine rings is 1. The highest BCUT2D eigenvalue weighted by Gasteiger charge is 2.35. The lowest BCUT2D eigenvalue weighted by molar-refractivity contribution is -0.127. The maximum absolute atomic E-state index is 12.5. The van der Waals surface area contributed by atoms with Gasteiger partial charge in [0, 0.05) is 31.2 Å². The fourth-order valence-electron chi connectivity index (χ4n) is 3.56. The number of carbonyl (C=O) groups excluding carboxylic acids is 2. The van der Waals surface area contributed by atoms with Crippen LogP contribution in [-0.4, -0.2) is 37.5 Å². The van der Waals surface area contributed by atoms with Gasteiger partial charge in [-0.25, -0.2) is 0 Å². The fraction of sp³-hybridized carbons (Fsp3) is 0.579. The maximum Gasteiger partial charge on any atom is 0.227 e. The number of rotatable bonds is 5. The van der Waals surface area contributed by atoms with Crippen molar-refractivity contribution in [3.05, 3.63) is 29.8 Å². The van der Waals surface area contributed by atoms with E-state index >= 15 is 0 Å². The molecule has 5 heteroatoms. The summed E-state index contributed by atoms with van der Waals surface area (Å²) in [6.07, 6.45) is 4.57. The summed E-state index contributed by atoms with van der Waals surface area (Å²) in [6.45, 7) is 4.49. The Bertz CT molecular complexity index is 579. The Morgan fingerprint density at radius 2 is 2.12 bits per heavy atom. The van der Waals surface area contributed by atoms with Crippen molar-refractivity contribution >= 4 is 17.5 Å². The highest BCUT2D eigenvalue weighted by Crippen LogP contribution is 2.26. The molecule has 130 valence electrons. The van der Waals surface area contributed by atoms with Gasteiger partial charge in [-0.3, -0.25) is 9.59 Å². The van der Waals surface area contributed by atoms with Crippen LogP contribution in [0.1, 0.15) is 38.2 Å². The monoisotopic (exact) mass is 329 g/mol. The molecule has 2 atom stereocenters. The Hall–Kier alpha value is -1.88. The number of carbonyl (C=O) groups is 2. The van der Waals surface area contributed by atoms with E-state index in [1.165, 1.54) is 5.56 Å².